The molecule has 1 aromatic carbocycles. The van der Waals surface area contributed by atoms with Crippen molar-refractivity contribution in [3.8, 4) is 11.5 Å². The normalized spacial score (nSPS) is 18.2. The van der Waals surface area contributed by atoms with Crippen molar-refractivity contribution < 1.29 is 23.5 Å². The molecule has 0 saturated carbocycles. The van der Waals surface area contributed by atoms with Crippen LogP contribution in [0.1, 0.15) is 46.7 Å². The number of ether oxygens (including phenoxy) is 2. The predicted molar refractivity (Wildman–Crippen MR) is 101 cm³/mol. The van der Waals surface area contributed by atoms with Crippen molar-refractivity contribution in [1.82, 2.24) is 10.2 Å². The van der Waals surface area contributed by atoms with Crippen molar-refractivity contribution in [2.24, 2.45) is 0 Å². The van der Waals surface area contributed by atoms with Crippen LogP contribution in [0.3, 0.4) is 0 Å². The highest BCUT2D eigenvalue weighted by Gasteiger charge is 2.33. The van der Waals surface area contributed by atoms with E-state index in [4.69, 9.17) is 13.9 Å². The van der Waals surface area contributed by atoms with E-state index >= 15 is 0 Å². The highest BCUT2D eigenvalue weighted by molar-refractivity contribution is 5.98. The van der Waals surface area contributed by atoms with Crippen molar-refractivity contribution in [3.05, 3.63) is 46.9 Å². The Morgan fingerprint density at radius 1 is 1.14 bits per heavy atom. The zero-order valence-corrected chi connectivity index (χ0v) is 16.1. The minimum absolute atomic E-state index is 0.136. The molecular formula is C21H24N2O5. The van der Waals surface area contributed by atoms with E-state index < -0.39 is 6.04 Å². The first-order valence-electron chi connectivity index (χ1n) is 9.57. The van der Waals surface area contributed by atoms with Gasteiger partial charge in [0.05, 0.1) is 5.56 Å². The topological polar surface area (TPSA) is 81.0 Å². The lowest BCUT2D eigenvalue weighted by Gasteiger charge is -2.34. The molecule has 2 aromatic rings. The molecule has 1 aromatic heterocycles. The van der Waals surface area contributed by atoms with Gasteiger partial charge < -0.3 is 24.1 Å². The Morgan fingerprint density at radius 3 is 2.75 bits per heavy atom. The Morgan fingerprint density at radius 2 is 1.96 bits per heavy atom. The van der Waals surface area contributed by atoms with Gasteiger partial charge >= 0.3 is 0 Å². The number of likely N-dealkylation sites (tertiary alicyclic amines) is 1. The number of carbonyl (C=O) groups excluding carboxylic acids is 2. The molecule has 3 heterocycles. The molecule has 28 heavy (non-hydrogen) atoms. The third-order valence-electron chi connectivity index (χ3n) is 5.24. The summed E-state index contributed by atoms with van der Waals surface area (Å²) in [6, 6.07) is 6.88. The van der Waals surface area contributed by atoms with Crippen LogP contribution < -0.4 is 14.8 Å². The fourth-order valence-corrected chi connectivity index (χ4v) is 3.80. The molecule has 1 unspecified atom stereocenters. The maximum absolute atomic E-state index is 13.0. The summed E-state index contributed by atoms with van der Waals surface area (Å²) in [4.78, 5) is 27.5. The van der Waals surface area contributed by atoms with Gasteiger partial charge in [-0.3, -0.25) is 9.59 Å². The molecule has 1 N–H and O–H groups in total. The smallest absolute Gasteiger partial charge is 0.258 e. The van der Waals surface area contributed by atoms with E-state index in [0.29, 0.717) is 48.1 Å². The van der Waals surface area contributed by atoms with E-state index in [1.54, 1.807) is 17.9 Å². The number of piperidine rings is 1. The minimum atomic E-state index is -0.468. The Labute approximate surface area is 163 Å². The lowest BCUT2D eigenvalue weighted by Crippen LogP contribution is -2.51. The minimum Gasteiger partial charge on any atom is -0.466 e. The molecule has 2 aliphatic rings. The Bertz CT molecular complexity index is 904. The van der Waals surface area contributed by atoms with E-state index in [-0.39, 0.29) is 18.6 Å². The highest BCUT2D eigenvalue weighted by atomic mass is 16.7. The number of carbonyl (C=O) groups is 2. The second-order valence-corrected chi connectivity index (χ2v) is 7.24. The van der Waals surface area contributed by atoms with Crippen LogP contribution in [0.15, 0.2) is 28.7 Å². The van der Waals surface area contributed by atoms with Crippen LogP contribution in [-0.4, -0.2) is 36.1 Å². The van der Waals surface area contributed by atoms with E-state index in [2.05, 4.69) is 5.32 Å². The summed E-state index contributed by atoms with van der Waals surface area (Å²) in [5.74, 6) is 2.41. The number of hydrogen-bond acceptors (Lipinski definition) is 5. The summed E-state index contributed by atoms with van der Waals surface area (Å²) in [6.45, 7) is 4.76. The number of aryl methyl sites for hydroxylation is 2. The van der Waals surface area contributed by atoms with E-state index in [0.717, 1.165) is 18.4 Å². The van der Waals surface area contributed by atoms with Crippen molar-refractivity contribution in [2.45, 2.75) is 45.7 Å². The van der Waals surface area contributed by atoms with Gasteiger partial charge in [0, 0.05) is 13.1 Å². The van der Waals surface area contributed by atoms with Gasteiger partial charge in [-0.15, -0.1) is 0 Å². The van der Waals surface area contributed by atoms with Crippen LogP contribution in [0.2, 0.25) is 0 Å². The standard InChI is InChI=1S/C21H24N2O5/c1-13-9-16(14(2)28-13)21(25)23-8-4-3-5-17(23)20(24)22-11-15-6-7-18-19(10-15)27-12-26-18/h6-7,9-10,17H,3-5,8,11-12H2,1-2H3,(H,22,24). The van der Waals surface area contributed by atoms with Crippen molar-refractivity contribution in [3.63, 3.8) is 0 Å². The Hall–Kier alpha value is -2.96. The third-order valence-corrected chi connectivity index (χ3v) is 5.24. The number of nitrogens with zero attached hydrogens (tertiary/aromatic N) is 1. The summed E-state index contributed by atoms with van der Waals surface area (Å²) in [7, 11) is 0. The molecule has 1 saturated heterocycles. The van der Waals surface area contributed by atoms with Crippen LogP contribution in [-0.2, 0) is 11.3 Å². The SMILES string of the molecule is Cc1cc(C(=O)N2CCCCC2C(=O)NCc2ccc3c(c2)OCO3)c(C)o1. The van der Waals surface area contributed by atoms with Gasteiger partial charge in [0.2, 0.25) is 12.7 Å². The largest absolute Gasteiger partial charge is 0.466 e. The van der Waals surface area contributed by atoms with Crippen molar-refractivity contribution in [2.75, 3.05) is 13.3 Å². The second-order valence-electron chi connectivity index (χ2n) is 7.24. The molecule has 4 rings (SSSR count). The Kier molecular flexibility index (Phi) is 4.98. The first-order valence-corrected chi connectivity index (χ1v) is 9.57. The molecule has 0 bridgehead atoms. The van der Waals surface area contributed by atoms with Gasteiger partial charge in [-0.1, -0.05) is 6.07 Å². The predicted octanol–water partition coefficient (Wildman–Crippen LogP) is 2.94. The maximum atomic E-state index is 13.0. The van der Waals surface area contributed by atoms with E-state index in [9.17, 15) is 9.59 Å². The van der Waals surface area contributed by atoms with E-state index in [1.807, 2.05) is 25.1 Å². The van der Waals surface area contributed by atoms with Crippen molar-refractivity contribution >= 4 is 11.8 Å². The Balaban J connectivity index is 1.44. The maximum Gasteiger partial charge on any atom is 0.258 e. The average Bonchev–Trinajstić information content (AvgIpc) is 3.30. The van der Waals surface area contributed by atoms with Gasteiger partial charge in [-0.25, -0.2) is 0 Å². The lowest BCUT2D eigenvalue weighted by atomic mass is 10.00. The average molecular weight is 384 g/mol. The molecule has 2 amide bonds. The molecule has 2 aliphatic heterocycles. The van der Waals surface area contributed by atoms with Crippen LogP contribution in [0.4, 0.5) is 0 Å². The van der Waals surface area contributed by atoms with Crippen LogP contribution in [0, 0.1) is 13.8 Å². The number of furan rings is 1. The number of nitrogens with one attached hydrogen (secondary N) is 1. The zero-order chi connectivity index (χ0) is 19.7. The molecular weight excluding hydrogens is 360 g/mol. The lowest BCUT2D eigenvalue weighted by molar-refractivity contribution is -0.126. The number of rotatable bonds is 4. The summed E-state index contributed by atoms with van der Waals surface area (Å²) in [5.41, 5.74) is 1.46. The molecule has 0 aliphatic carbocycles. The summed E-state index contributed by atoms with van der Waals surface area (Å²) < 4.78 is 16.2. The number of amides is 2. The van der Waals surface area contributed by atoms with Crippen LogP contribution >= 0.6 is 0 Å². The number of benzene rings is 1. The van der Waals surface area contributed by atoms with Crippen LogP contribution in [0.5, 0.6) is 11.5 Å². The second kappa shape index (κ2) is 7.58. The molecule has 7 nitrogen and oxygen atoms in total. The molecule has 7 heteroatoms. The van der Waals surface area contributed by atoms with Gasteiger partial charge in [0.25, 0.3) is 5.91 Å². The molecule has 1 atom stereocenters. The molecule has 148 valence electrons. The molecule has 0 spiro atoms. The van der Waals surface area contributed by atoms with Crippen molar-refractivity contribution in [1.29, 1.82) is 0 Å². The fraction of sp³-hybridized carbons (Fsp3) is 0.429. The first-order chi connectivity index (χ1) is 13.5. The molecule has 0 radical (unpaired) electrons. The summed E-state index contributed by atoms with van der Waals surface area (Å²) in [6.07, 6.45) is 2.48. The monoisotopic (exact) mass is 384 g/mol. The summed E-state index contributed by atoms with van der Waals surface area (Å²) in [5, 5.41) is 2.96. The van der Waals surface area contributed by atoms with E-state index in [1.165, 1.54) is 0 Å². The van der Waals surface area contributed by atoms with Gasteiger partial charge in [-0.05, 0) is 56.9 Å². The van der Waals surface area contributed by atoms with Gasteiger partial charge in [0.15, 0.2) is 11.5 Å². The molecule has 1 fully saturated rings. The number of fused-ring (bicyclic) bond motifs is 1. The zero-order valence-electron chi connectivity index (χ0n) is 16.1. The third kappa shape index (κ3) is 3.56. The number of hydrogen-bond donors (Lipinski definition) is 1. The highest BCUT2D eigenvalue weighted by Crippen LogP contribution is 2.32. The quantitative estimate of drug-likeness (QED) is 0.877. The first kappa shape index (κ1) is 18.4. The fourth-order valence-electron chi connectivity index (χ4n) is 3.80. The summed E-state index contributed by atoms with van der Waals surface area (Å²) >= 11 is 0. The van der Waals surface area contributed by atoms with Gasteiger partial charge in [0.1, 0.15) is 17.6 Å². The van der Waals surface area contributed by atoms with Crippen LogP contribution in [0.25, 0.3) is 0 Å². The van der Waals surface area contributed by atoms with Gasteiger partial charge in [-0.2, -0.15) is 0 Å².